The standard InChI is InChI=1S/C22H27N5O3/c1-22(2,3)30-21(29)27-13-15-10-16(27)12-26(15)19-9-8-14(11-24-19)20(28)25-18-7-5-4-6-17(18)23/h4-9,11,15-16H,10,12-13,23H2,1-3H3,(H,25,28)/t15-,16-/m0/s1. The summed E-state index contributed by atoms with van der Waals surface area (Å²) in [6.07, 6.45) is 2.22. The number of carbonyl (C=O) groups is 2. The van der Waals surface area contributed by atoms with Gasteiger partial charge < -0.3 is 25.6 Å². The van der Waals surface area contributed by atoms with Crippen LogP contribution in [0.15, 0.2) is 42.6 Å². The van der Waals surface area contributed by atoms with Crippen molar-refractivity contribution in [3.05, 3.63) is 48.2 Å². The number of fused-ring (bicyclic) bond motifs is 2. The van der Waals surface area contributed by atoms with Crippen LogP contribution in [0.3, 0.4) is 0 Å². The number of aromatic nitrogens is 1. The summed E-state index contributed by atoms with van der Waals surface area (Å²) in [6, 6.07) is 11.1. The Kier molecular flexibility index (Phi) is 5.01. The van der Waals surface area contributed by atoms with Crippen molar-refractivity contribution in [2.24, 2.45) is 0 Å². The lowest BCUT2D eigenvalue weighted by molar-refractivity contribution is 0.0214. The molecule has 2 aromatic rings. The number of hydrogen-bond donors (Lipinski definition) is 2. The molecule has 0 aliphatic carbocycles. The maximum Gasteiger partial charge on any atom is 0.410 e. The first-order chi connectivity index (χ1) is 14.2. The highest BCUT2D eigenvalue weighted by molar-refractivity contribution is 6.05. The van der Waals surface area contributed by atoms with Gasteiger partial charge in [-0.1, -0.05) is 12.1 Å². The Morgan fingerprint density at radius 2 is 1.90 bits per heavy atom. The third kappa shape index (κ3) is 4.03. The number of piperazine rings is 1. The van der Waals surface area contributed by atoms with E-state index < -0.39 is 5.60 Å². The lowest BCUT2D eigenvalue weighted by Crippen LogP contribution is -2.50. The van der Waals surface area contributed by atoms with E-state index in [0.29, 0.717) is 30.0 Å². The fourth-order valence-electron chi connectivity index (χ4n) is 3.99. The summed E-state index contributed by atoms with van der Waals surface area (Å²) >= 11 is 0. The second-order valence-electron chi connectivity index (χ2n) is 8.77. The van der Waals surface area contributed by atoms with Crippen LogP contribution in [0.2, 0.25) is 0 Å². The first-order valence-electron chi connectivity index (χ1n) is 10.1. The van der Waals surface area contributed by atoms with Gasteiger partial charge in [-0.3, -0.25) is 4.79 Å². The molecule has 3 N–H and O–H groups in total. The highest BCUT2D eigenvalue weighted by atomic mass is 16.6. The zero-order valence-electron chi connectivity index (χ0n) is 17.5. The van der Waals surface area contributed by atoms with E-state index in [1.165, 1.54) is 0 Å². The maximum atomic E-state index is 12.5. The average Bonchev–Trinajstić information content (AvgIpc) is 3.29. The Bertz CT molecular complexity index is 954. The van der Waals surface area contributed by atoms with Gasteiger partial charge in [-0.05, 0) is 51.5 Å². The van der Waals surface area contributed by atoms with Gasteiger partial charge in [0, 0.05) is 19.3 Å². The molecule has 1 aromatic heterocycles. The molecular formula is C22H27N5O3. The van der Waals surface area contributed by atoms with E-state index in [1.807, 2.05) is 43.9 Å². The van der Waals surface area contributed by atoms with Crippen molar-refractivity contribution in [1.29, 1.82) is 0 Å². The summed E-state index contributed by atoms with van der Waals surface area (Å²) in [5.41, 5.74) is 6.93. The molecule has 0 unspecified atom stereocenters. The number of nitrogens with zero attached hydrogens (tertiary/aromatic N) is 3. The number of amides is 2. The molecule has 4 rings (SSSR count). The highest BCUT2D eigenvalue weighted by Crippen LogP contribution is 2.34. The number of anilines is 3. The molecule has 2 aliphatic rings. The molecule has 2 aliphatic heterocycles. The number of nitrogens with two attached hydrogens (primary N) is 1. The number of rotatable bonds is 3. The van der Waals surface area contributed by atoms with Gasteiger partial charge in [-0.2, -0.15) is 0 Å². The number of hydrogen-bond acceptors (Lipinski definition) is 6. The summed E-state index contributed by atoms with van der Waals surface area (Å²) < 4.78 is 5.51. The summed E-state index contributed by atoms with van der Waals surface area (Å²) in [5.74, 6) is 0.549. The topological polar surface area (TPSA) is 101 Å². The van der Waals surface area contributed by atoms with E-state index in [9.17, 15) is 9.59 Å². The Hall–Kier alpha value is -3.29. The Balaban J connectivity index is 1.38. The Morgan fingerprint density at radius 1 is 1.13 bits per heavy atom. The van der Waals surface area contributed by atoms with Crippen LogP contribution in [0.1, 0.15) is 37.6 Å². The molecule has 158 valence electrons. The van der Waals surface area contributed by atoms with Crippen LogP contribution in [0.25, 0.3) is 0 Å². The molecule has 8 heteroatoms. The molecule has 2 saturated heterocycles. The summed E-state index contributed by atoms with van der Waals surface area (Å²) in [5, 5.41) is 2.80. The van der Waals surface area contributed by atoms with Crippen LogP contribution in [-0.4, -0.2) is 52.7 Å². The second-order valence-corrected chi connectivity index (χ2v) is 8.77. The molecule has 0 radical (unpaired) electrons. The van der Waals surface area contributed by atoms with Gasteiger partial charge in [0.05, 0.1) is 29.0 Å². The number of nitrogens with one attached hydrogen (secondary N) is 1. The van der Waals surface area contributed by atoms with Gasteiger partial charge in [0.15, 0.2) is 0 Å². The predicted molar refractivity (Wildman–Crippen MR) is 116 cm³/mol. The minimum Gasteiger partial charge on any atom is -0.444 e. The van der Waals surface area contributed by atoms with E-state index >= 15 is 0 Å². The summed E-state index contributed by atoms with van der Waals surface area (Å²) in [6.45, 7) is 6.96. The third-order valence-electron chi connectivity index (χ3n) is 5.38. The average molecular weight is 409 g/mol. The van der Waals surface area contributed by atoms with Gasteiger partial charge >= 0.3 is 6.09 Å². The second kappa shape index (κ2) is 7.51. The monoisotopic (exact) mass is 409 g/mol. The number of benzene rings is 1. The number of para-hydroxylation sites is 2. The molecule has 3 heterocycles. The van der Waals surface area contributed by atoms with Gasteiger partial charge in [-0.15, -0.1) is 0 Å². The molecule has 30 heavy (non-hydrogen) atoms. The smallest absolute Gasteiger partial charge is 0.410 e. The molecule has 8 nitrogen and oxygen atoms in total. The van der Waals surface area contributed by atoms with E-state index in [4.69, 9.17) is 10.5 Å². The van der Waals surface area contributed by atoms with Crippen molar-refractivity contribution >= 4 is 29.2 Å². The predicted octanol–water partition coefficient (Wildman–Crippen LogP) is 3.11. The number of carbonyl (C=O) groups excluding carboxylic acids is 2. The Labute approximate surface area is 176 Å². The molecule has 1 aromatic carbocycles. The minimum atomic E-state index is -0.499. The van der Waals surface area contributed by atoms with Crippen LogP contribution in [0.5, 0.6) is 0 Å². The van der Waals surface area contributed by atoms with E-state index in [0.717, 1.165) is 12.2 Å². The summed E-state index contributed by atoms with van der Waals surface area (Å²) in [7, 11) is 0. The number of pyridine rings is 1. The van der Waals surface area contributed by atoms with Crippen LogP contribution >= 0.6 is 0 Å². The van der Waals surface area contributed by atoms with Crippen molar-refractivity contribution in [3.63, 3.8) is 0 Å². The van der Waals surface area contributed by atoms with E-state index in [2.05, 4.69) is 15.2 Å². The van der Waals surface area contributed by atoms with Gasteiger partial charge in [0.25, 0.3) is 5.91 Å². The highest BCUT2D eigenvalue weighted by Gasteiger charge is 2.46. The normalized spacial score (nSPS) is 20.4. The van der Waals surface area contributed by atoms with Crippen molar-refractivity contribution < 1.29 is 14.3 Å². The minimum absolute atomic E-state index is 0.121. The van der Waals surface area contributed by atoms with Crippen molar-refractivity contribution in [2.75, 3.05) is 29.0 Å². The van der Waals surface area contributed by atoms with Crippen molar-refractivity contribution in [2.45, 2.75) is 44.9 Å². The fraction of sp³-hybridized carbons (Fsp3) is 0.409. The largest absolute Gasteiger partial charge is 0.444 e. The first-order valence-corrected chi connectivity index (χ1v) is 10.1. The molecule has 2 bridgehead atoms. The SMILES string of the molecule is CC(C)(C)OC(=O)N1C[C@@H]2C[C@H]1CN2c1ccc(C(=O)Nc2ccccc2N)cn1. The lowest BCUT2D eigenvalue weighted by Gasteiger charge is -2.35. The van der Waals surface area contributed by atoms with E-state index in [-0.39, 0.29) is 24.1 Å². The quantitative estimate of drug-likeness (QED) is 0.756. The van der Waals surface area contributed by atoms with Crippen LogP contribution in [0.4, 0.5) is 22.0 Å². The first kappa shape index (κ1) is 20.0. The fourth-order valence-corrected chi connectivity index (χ4v) is 3.99. The third-order valence-corrected chi connectivity index (χ3v) is 5.38. The van der Waals surface area contributed by atoms with Crippen LogP contribution in [-0.2, 0) is 4.74 Å². The van der Waals surface area contributed by atoms with Gasteiger partial charge in [0.2, 0.25) is 0 Å². The molecule has 2 amide bonds. The van der Waals surface area contributed by atoms with Crippen molar-refractivity contribution in [3.8, 4) is 0 Å². The number of ether oxygens (including phenoxy) is 1. The maximum absolute atomic E-state index is 12.5. The van der Waals surface area contributed by atoms with Gasteiger partial charge in [-0.25, -0.2) is 9.78 Å². The molecule has 0 saturated carbocycles. The van der Waals surface area contributed by atoms with Crippen LogP contribution in [0, 0.1) is 0 Å². The van der Waals surface area contributed by atoms with Gasteiger partial charge in [0.1, 0.15) is 11.4 Å². The van der Waals surface area contributed by atoms with E-state index in [1.54, 1.807) is 24.4 Å². The summed E-state index contributed by atoms with van der Waals surface area (Å²) in [4.78, 5) is 33.4. The number of nitrogen functional groups attached to an aromatic ring is 1. The lowest BCUT2D eigenvalue weighted by atomic mass is 10.2. The molecule has 2 fully saturated rings. The molecule has 2 atom stereocenters. The zero-order valence-corrected chi connectivity index (χ0v) is 17.5. The van der Waals surface area contributed by atoms with Crippen LogP contribution < -0.4 is 16.0 Å². The molecule has 0 spiro atoms. The Morgan fingerprint density at radius 3 is 2.50 bits per heavy atom. The zero-order chi connectivity index (χ0) is 21.5. The molecular weight excluding hydrogens is 382 g/mol. The number of likely N-dealkylation sites (tertiary alicyclic amines) is 1. The van der Waals surface area contributed by atoms with Crippen molar-refractivity contribution in [1.82, 2.24) is 9.88 Å².